The highest BCUT2D eigenvalue weighted by Crippen LogP contribution is 2.30. The smallest absolute Gasteiger partial charge is 0.154 e. The molecule has 3 aromatic heterocycles. The van der Waals surface area contributed by atoms with Crippen LogP contribution in [0.15, 0.2) is 41.3 Å². The summed E-state index contributed by atoms with van der Waals surface area (Å²) in [7, 11) is 0. The highest BCUT2D eigenvalue weighted by Gasteiger charge is 2.14. The fourth-order valence-electron chi connectivity index (χ4n) is 2.62. The van der Waals surface area contributed by atoms with E-state index < -0.39 is 0 Å². The summed E-state index contributed by atoms with van der Waals surface area (Å²) in [4.78, 5) is 11.1. The largest absolute Gasteiger partial charge is 0.462 e. The molecule has 22 heavy (non-hydrogen) atoms. The topological polar surface area (TPSA) is 51.4 Å². The van der Waals surface area contributed by atoms with Gasteiger partial charge in [0.2, 0.25) is 0 Å². The Hall–Kier alpha value is -2.11. The van der Waals surface area contributed by atoms with Crippen molar-refractivity contribution < 1.29 is 9.15 Å². The van der Waals surface area contributed by atoms with Crippen LogP contribution in [0.5, 0.6) is 0 Å². The van der Waals surface area contributed by atoms with Crippen LogP contribution >= 0.6 is 11.6 Å². The van der Waals surface area contributed by atoms with Gasteiger partial charge in [0.05, 0.1) is 18.2 Å². The molecule has 0 bridgehead atoms. The van der Waals surface area contributed by atoms with Crippen molar-refractivity contribution in [1.82, 2.24) is 9.97 Å². The second-order valence-electron chi connectivity index (χ2n) is 5.15. The Morgan fingerprint density at radius 2 is 1.95 bits per heavy atom. The first-order valence-corrected chi connectivity index (χ1v) is 7.51. The summed E-state index contributed by atoms with van der Waals surface area (Å²) in [5.74, 6) is 0.968. The first kappa shape index (κ1) is 13.5. The Kier molecular flexibility index (Phi) is 3.44. The van der Waals surface area contributed by atoms with E-state index in [9.17, 15) is 0 Å². The van der Waals surface area contributed by atoms with Crippen molar-refractivity contribution in [2.24, 2.45) is 0 Å². The third-order valence-electron chi connectivity index (χ3n) is 3.77. The fourth-order valence-corrected chi connectivity index (χ4v) is 2.77. The molecule has 0 unspecified atom stereocenters. The quantitative estimate of drug-likeness (QED) is 0.725. The molecule has 0 radical (unpaired) electrons. The Bertz CT molecular complexity index is 795. The van der Waals surface area contributed by atoms with E-state index in [2.05, 4.69) is 14.9 Å². The second kappa shape index (κ2) is 5.59. The van der Waals surface area contributed by atoms with Crippen LogP contribution in [0, 0.1) is 0 Å². The summed E-state index contributed by atoms with van der Waals surface area (Å²) < 4.78 is 10.9. The molecule has 3 aromatic rings. The van der Waals surface area contributed by atoms with E-state index in [4.69, 9.17) is 20.8 Å². The van der Waals surface area contributed by atoms with E-state index in [1.807, 2.05) is 18.3 Å². The van der Waals surface area contributed by atoms with Gasteiger partial charge in [0, 0.05) is 42.7 Å². The number of hydrogen-bond acceptors (Lipinski definition) is 5. The Balaban J connectivity index is 1.67. The van der Waals surface area contributed by atoms with Gasteiger partial charge in [-0.05, 0) is 12.1 Å². The summed E-state index contributed by atoms with van der Waals surface area (Å²) in [6.45, 7) is 3.25. The van der Waals surface area contributed by atoms with Gasteiger partial charge in [-0.3, -0.25) is 4.98 Å². The zero-order chi connectivity index (χ0) is 14.9. The number of morpholine rings is 1. The number of aromatic nitrogens is 2. The summed E-state index contributed by atoms with van der Waals surface area (Å²) in [6.07, 6.45) is 5.17. The van der Waals surface area contributed by atoms with Crippen molar-refractivity contribution in [2.45, 2.75) is 0 Å². The van der Waals surface area contributed by atoms with E-state index in [-0.39, 0.29) is 0 Å². The van der Waals surface area contributed by atoms with Crippen molar-refractivity contribution in [1.29, 1.82) is 0 Å². The van der Waals surface area contributed by atoms with Crippen LogP contribution in [0.25, 0.3) is 22.2 Å². The maximum absolute atomic E-state index is 5.93. The lowest BCUT2D eigenvalue weighted by Gasteiger charge is -2.27. The maximum atomic E-state index is 5.93. The number of hydrogen-bond donors (Lipinski definition) is 0. The number of nitrogens with zero attached hydrogens (tertiary/aromatic N) is 3. The monoisotopic (exact) mass is 315 g/mol. The third-order valence-corrected chi connectivity index (χ3v) is 3.98. The van der Waals surface area contributed by atoms with E-state index in [1.54, 1.807) is 18.5 Å². The molecule has 0 aliphatic carbocycles. The highest BCUT2D eigenvalue weighted by molar-refractivity contribution is 6.31. The molecule has 0 aromatic carbocycles. The Morgan fingerprint density at radius 3 is 2.73 bits per heavy atom. The van der Waals surface area contributed by atoms with Gasteiger partial charge < -0.3 is 14.1 Å². The summed E-state index contributed by atoms with van der Waals surface area (Å²) in [5.41, 5.74) is 3.38. The van der Waals surface area contributed by atoms with Gasteiger partial charge in [-0.1, -0.05) is 11.6 Å². The molecule has 4 rings (SSSR count). The van der Waals surface area contributed by atoms with Crippen LogP contribution in [-0.2, 0) is 4.74 Å². The van der Waals surface area contributed by atoms with Gasteiger partial charge in [0.25, 0.3) is 0 Å². The maximum Gasteiger partial charge on any atom is 0.154 e. The molecular weight excluding hydrogens is 302 g/mol. The van der Waals surface area contributed by atoms with Crippen molar-refractivity contribution in [2.75, 3.05) is 31.2 Å². The second-order valence-corrected chi connectivity index (χ2v) is 5.59. The van der Waals surface area contributed by atoms with Crippen LogP contribution in [0.4, 0.5) is 5.82 Å². The lowest BCUT2D eigenvalue weighted by Crippen LogP contribution is -2.36. The van der Waals surface area contributed by atoms with Crippen molar-refractivity contribution >= 4 is 28.5 Å². The van der Waals surface area contributed by atoms with Gasteiger partial charge in [-0.25, -0.2) is 4.98 Å². The standard InChI is InChI=1S/C16H14ClN3O2/c17-12-7-14-16(19-9-12)13(10-22-14)11-1-2-15(18-8-11)20-3-5-21-6-4-20/h1-2,7-10H,3-6H2. The predicted molar refractivity (Wildman–Crippen MR) is 85.3 cm³/mol. The minimum Gasteiger partial charge on any atom is -0.462 e. The number of fused-ring (bicyclic) bond motifs is 1. The molecule has 1 aliphatic rings. The number of pyridine rings is 2. The Morgan fingerprint density at radius 1 is 1.09 bits per heavy atom. The summed E-state index contributed by atoms with van der Waals surface area (Å²) in [5, 5.41) is 0.564. The molecular formula is C16H14ClN3O2. The predicted octanol–water partition coefficient (Wildman–Crippen LogP) is 3.38. The molecule has 1 fully saturated rings. The van der Waals surface area contributed by atoms with Gasteiger partial charge in [0.1, 0.15) is 17.6 Å². The van der Waals surface area contributed by atoms with Crippen molar-refractivity contribution in [3.8, 4) is 11.1 Å². The van der Waals surface area contributed by atoms with Gasteiger partial charge >= 0.3 is 0 Å². The van der Waals surface area contributed by atoms with E-state index in [1.165, 1.54) is 0 Å². The van der Waals surface area contributed by atoms with E-state index >= 15 is 0 Å². The molecule has 0 spiro atoms. The third kappa shape index (κ3) is 2.42. The zero-order valence-corrected chi connectivity index (χ0v) is 12.6. The summed E-state index contributed by atoms with van der Waals surface area (Å²) in [6, 6.07) is 5.83. The minimum atomic E-state index is 0.564. The molecule has 0 saturated carbocycles. The van der Waals surface area contributed by atoms with Gasteiger partial charge in [-0.2, -0.15) is 0 Å². The van der Waals surface area contributed by atoms with Crippen LogP contribution in [0.2, 0.25) is 5.02 Å². The first-order chi connectivity index (χ1) is 10.8. The molecule has 0 atom stereocenters. The number of halogens is 1. The van der Waals surface area contributed by atoms with Gasteiger partial charge in [-0.15, -0.1) is 0 Å². The molecule has 0 amide bonds. The highest BCUT2D eigenvalue weighted by atomic mass is 35.5. The molecule has 5 nitrogen and oxygen atoms in total. The van der Waals surface area contributed by atoms with E-state index in [0.29, 0.717) is 10.6 Å². The lowest BCUT2D eigenvalue weighted by atomic mass is 10.1. The minimum absolute atomic E-state index is 0.564. The van der Waals surface area contributed by atoms with Crippen LogP contribution in [0.3, 0.4) is 0 Å². The zero-order valence-electron chi connectivity index (χ0n) is 11.8. The number of furan rings is 1. The summed E-state index contributed by atoms with van der Waals surface area (Å²) >= 11 is 5.93. The molecule has 0 N–H and O–H groups in total. The number of rotatable bonds is 2. The Labute approximate surface area is 132 Å². The molecule has 1 aliphatic heterocycles. The molecule has 6 heteroatoms. The van der Waals surface area contributed by atoms with E-state index in [0.717, 1.165) is 48.8 Å². The lowest BCUT2D eigenvalue weighted by molar-refractivity contribution is 0.122. The fraction of sp³-hybridized carbons (Fsp3) is 0.250. The van der Waals surface area contributed by atoms with Crippen molar-refractivity contribution in [3.05, 3.63) is 41.9 Å². The SMILES string of the molecule is Clc1cnc2c(-c3ccc(N4CCOCC4)nc3)coc2c1. The average molecular weight is 316 g/mol. The average Bonchev–Trinajstić information content (AvgIpc) is 2.99. The number of anilines is 1. The van der Waals surface area contributed by atoms with Crippen LogP contribution in [0.1, 0.15) is 0 Å². The number of ether oxygens (including phenoxy) is 1. The molecule has 1 saturated heterocycles. The molecule has 4 heterocycles. The molecule has 112 valence electrons. The van der Waals surface area contributed by atoms with Crippen LogP contribution in [-0.4, -0.2) is 36.3 Å². The first-order valence-electron chi connectivity index (χ1n) is 7.13. The van der Waals surface area contributed by atoms with Crippen molar-refractivity contribution in [3.63, 3.8) is 0 Å². The normalized spacial score (nSPS) is 15.4. The van der Waals surface area contributed by atoms with Crippen LogP contribution < -0.4 is 4.90 Å². The van der Waals surface area contributed by atoms with Gasteiger partial charge in [0.15, 0.2) is 5.58 Å².